The Labute approximate surface area is 123 Å². The van der Waals surface area contributed by atoms with Crippen LogP contribution in [0.25, 0.3) is 0 Å². The zero-order chi connectivity index (χ0) is 14.5. The van der Waals surface area contributed by atoms with Gasteiger partial charge in [-0.05, 0) is 25.7 Å². The van der Waals surface area contributed by atoms with E-state index in [2.05, 4.69) is 5.32 Å². The molecule has 0 unspecified atom stereocenters. The lowest BCUT2D eigenvalue weighted by Crippen LogP contribution is -2.53. The first kappa shape index (κ1) is 15.8. The van der Waals surface area contributed by atoms with Crippen LogP contribution in [-0.2, 0) is 10.8 Å². The van der Waals surface area contributed by atoms with Gasteiger partial charge >= 0.3 is 6.03 Å². The fraction of sp³-hybridized carbons (Fsp3) is 0.929. The molecule has 2 N–H and O–H groups in total. The molecule has 1 saturated heterocycles. The summed E-state index contributed by atoms with van der Waals surface area (Å²) in [5.74, 6) is 0.653. The molecule has 0 spiro atoms. The number of rotatable bonds is 4. The van der Waals surface area contributed by atoms with Crippen molar-refractivity contribution < 1.29 is 14.1 Å². The highest BCUT2D eigenvalue weighted by Crippen LogP contribution is 2.24. The van der Waals surface area contributed by atoms with E-state index in [9.17, 15) is 14.1 Å². The van der Waals surface area contributed by atoms with Crippen LogP contribution in [0.1, 0.15) is 45.4 Å². The standard InChI is InChI=1S/C14H26N2O3S/c1-2-20(19)13-8-4-3-7-12(13)15-14(18)16-9-5-6-11(16)10-17/h11-13,17H,2-10H2,1H3,(H,15,18)/t11-,12-,13+,20+/m0/s1. The molecule has 20 heavy (non-hydrogen) atoms. The third-order valence-electron chi connectivity index (χ3n) is 4.48. The highest BCUT2D eigenvalue weighted by molar-refractivity contribution is 7.85. The molecule has 4 atom stereocenters. The van der Waals surface area contributed by atoms with Crippen LogP contribution in [0.2, 0.25) is 0 Å². The van der Waals surface area contributed by atoms with Crippen LogP contribution in [0, 0.1) is 0 Å². The highest BCUT2D eigenvalue weighted by Gasteiger charge is 2.34. The molecule has 1 heterocycles. The Kier molecular flexibility index (Phi) is 5.84. The Balaban J connectivity index is 1.96. The molecule has 0 aromatic carbocycles. The first-order valence-corrected chi connectivity index (χ1v) is 9.10. The predicted octanol–water partition coefficient (Wildman–Crippen LogP) is 1.23. The number of nitrogens with one attached hydrogen (secondary N) is 1. The fourth-order valence-corrected chi connectivity index (χ4v) is 4.75. The molecule has 0 radical (unpaired) electrons. The summed E-state index contributed by atoms with van der Waals surface area (Å²) in [6, 6.07) is -0.114. The Morgan fingerprint density at radius 3 is 2.75 bits per heavy atom. The van der Waals surface area contributed by atoms with E-state index in [1.165, 1.54) is 0 Å². The average Bonchev–Trinajstić information content (AvgIpc) is 2.95. The highest BCUT2D eigenvalue weighted by atomic mass is 32.2. The minimum Gasteiger partial charge on any atom is -0.394 e. The SMILES string of the molecule is CC[S@@](=O)[C@@H]1CCCC[C@@H]1NC(=O)N1CCC[C@H]1CO. The zero-order valence-electron chi connectivity index (χ0n) is 12.2. The van der Waals surface area contributed by atoms with Crippen molar-refractivity contribution in [3.8, 4) is 0 Å². The van der Waals surface area contributed by atoms with Gasteiger partial charge in [-0.2, -0.15) is 0 Å². The van der Waals surface area contributed by atoms with Crippen molar-refractivity contribution in [1.82, 2.24) is 10.2 Å². The molecule has 2 fully saturated rings. The van der Waals surface area contributed by atoms with Crippen LogP contribution in [0.3, 0.4) is 0 Å². The van der Waals surface area contributed by atoms with Gasteiger partial charge in [0.1, 0.15) is 0 Å². The molecule has 0 aromatic rings. The molecule has 2 aliphatic rings. The van der Waals surface area contributed by atoms with Gasteiger partial charge in [0.15, 0.2) is 0 Å². The second-order valence-electron chi connectivity index (χ2n) is 5.72. The molecule has 2 rings (SSSR count). The van der Waals surface area contributed by atoms with E-state index in [1.807, 2.05) is 6.92 Å². The zero-order valence-corrected chi connectivity index (χ0v) is 13.0. The van der Waals surface area contributed by atoms with Gasteiger partial charge in [0, 0.05) is 29.1 Å². The van der Waals surface area contributed by atoms with Crippen molar-refractivity contribution in [3.63, 3.8) is 0 Å². The number of nitrogens with zero attached hydrogens (tertiary/aromatic N) is 1. The van der Waals surface area contributed by atoms with Crippen LogP contribution in [0.15, 0.2) is 0 Å². The van der Waals surface area contributed by atoms with E-state index in [0.29, 0.717) is 12.3 Å². The van der Waals surface area contributed by atoms with E-state index < -0.39 is 10.8 Å². The molecule has 0 aromatic heterocycles. The number of aliphatic hydroxyl groups excluding tert-OH is 1. The lowest BCUT2D eigenvalue weighted by Gasteiger charge is -2.33. The topological polar surface area (TPSA) is 69.6 Å². The minimum absolute atomic E-state index is 0.0250. The summed E-state index contributed by atoms with van der Waals surface area (Å²) in [6.07, 6.45) is 5.87. The number of urea groups is 1. The summed E-state index contributed by atoms with van der Waals surface area (Å²) < 4.78 is 12.1. The van der Waals surface area contributed by atoms with Crippen LogP contribution in [-0.4, -0.2) is 56.5 Å². The number of carbonyl (C=O) groups is 1. The Morgan fingerprint density at radius 2 is 2.05 bits per heavy atom. The molecule has 6 heteroatoms. The van der Waals surface area contributed by atoms with E-state index in [1.54, 1.807) is 4.90 Å². The lowest BCUT2D eigenvalue weighted by atomic mass is 9.95. The maximum absolute atomic E-state index is 12.3. The van der Waals surface area contributed by atoms with Crippen molar-refractivity contribution in [2.24, 2.45) is 0 Å². The first-order chi connectivity index (χ1) is 9.67. The maximum atomic E-state index is 12.3. The van der Waals surface area contributed by atoms with Crippen molar-refractivity contribution in [3.05, 3.63) is 0 Å². The number of amides is 2. The van der Waals surface area contributed by atoms with Crippen molar-refractivity contribution in [1.29, 1.82) is 0 Å². The number of carbonyl (C=O) groups excluding carboxylic acids is 1. The Hall–Kier alpha value is -0.620. The van der Waals surface area contributed by atoms with Crippen LogP contribution in [0.4, 0.5) is 4.79 Å². The van der Waals surface area contributed by atoms with Gasteiger partial charge in [-0.25, -0.2) is 4.79 Å². The molecule has 116 valence electrons. The predicted molar refractivity (Wildman–Crippen MR) is 80.1 cm³/mol. The van der Waals surface area contributed by atoms with Crippen LogP contribution in [0.5, 0.6) is 0 Å². The van der Waals surface area contributed by atoms with Gasteiger partial charge in [-0.3, -0.25) is 4.21 Å². The van der Waals surface area contributed by atoms with Crippen molar-refractivity contribution in [2.75, 3.05) is 18.9 Å². The Bertz CT molecular complexity index is 364. The van der Waals surface area contributed by atoms with Gasteiger partial charge in [0.05, 0.1) is 17.9 Å². The van der Waals surface area contributed by atoms with Gasteiger partial charge in [-0.15, -0.1) is 0 Å². The normalized spacial score (nSPS) is 32.1. The molecular weight excluding hydrogens is 276 g/mol. The van der Waals surface area contributed by atoms with Crippen molar-refractivity contribution in [2.45, 2.75) is 62.8 Å². The molecule has 1 aliphatic heterocycles. The van der Waals surface area contributed by atoms with Gasteiger partial charge in [-0.1, -0.05) is 19.8 Å². The molecule has 0 bridgehead atoms. The fourth-order valence-electron chi connectivity index (χ4n) is 3.33. The van der Waals surface area contributed by atoms with E-state index in [4.69, 9.17) is 0 Å². The Morgan fingerprint density at radius 1 is 1.30 bits per heavy atom. The smallest absolute Gasteiger partial charge is 0.317 e. The van der Waals surface area contributed by atoms with E-state index >= 15 is 0 Å². The van der Waals surface area contributed by atoms with Gasteiger partial charge < -0.3 is 15.3 Å². The van der Waals surface area contributed by atoms with Crippen LogP contribution >= 0.6 is 0 Å². The second kappa shape index (κ2) is 7.41. The van der Waals surface area contributed by atoms with Crippen LogP contribution < -0.4 is 5.32 Å². The monoisotopic (exact) mass is 302 g/mol. The van der Waals surface area contributed by atoms with Gasteiger partial charge in [0.2, 0.25) is 0 Å². The summed E-state index contributed by atoms with van der Waals surface area (Å²) in [6.45, 7) is 2.68. The maximum Gasteiger partial charge on any atom is 0.317 e. The molecule has 2 amide bonds. The summed E-state index contributed by atoms with van der Waals surface area (Å²) >= 11 is 0. The first-order valence-electron chi connectivity index (χ1n) is 7.72. The molecule has 1 aliphatic carbocycles. The number of hydrogen-bond acceptors (Lipinski definition) is 3. The largest absolute Gasteiger partial charge is 0.394 e. The molecule has 5 nitrogen and oxygen atoms in total. The third-order valence-corrected chi connectivity index (χ3v) is 6.29. The quantitative estimate of drug-likeness (QED) is 0.821. The summed E-state index contributed by atoms with van der Waals surface area (Å²) in [4.78, 5) is 14.1. The van der Waals surface area contributed by atoms with E-state index in [-0.39, 0.29) is 30.0 Å². The lowest BCUT2D eigenvalue weighted by molar-refractivity contribution is 0.153. The van der Waals surface area contributed by atoms with Gasteiger partial charge in [0.25, 0.3) is 0 Å². The average molecular weight is 302 g/mol. The molecular formula is C14H26N2O3S. The number of likely N-dealkylation sites (tertiary alicyclic amines) is 1. The van der Waals surface area contributed by atoms with E-state index in [0.717, 1.165) is 38.5 Å². The third kappa shape index (κ3) is 3.52. The summed E-state index contributed by atoms with van der Waals surface area (Å²) in [5, 5.41) is 12.5. The number of hydrogen-bond donors (Lipinski definition) is 2. The number of aliphatic hydroxyl groups is 1. The second-order valence-corrected chi connectivity index (χ2v) is 7.66. The summed E-state index contributed by atoms with van der Waals surface area (Å²) in [5.41, 5.74) is 0. The van der Waals surface area contributed by atoms with Crippen molar-refractivity contribution >= 4 is 16.8 Å². The minimum atomic E-state index is -0.855. The molecule has 1 saturated carbocycles. The summed E-state index contributed by atoms with van der Waals surface area (Å²) in [7, 11) is -0.855.